The van der Waals surface area contributed by atoms with E-state index < -0.39 is 0 Å². The fraction of sp³-hybridized carbons (Fsp3) is 0.316. The first kappa shape index (κ1) is 16.3. The van der Waals surface area contributed by atoms with Crippen LogP contribution in [0, 0.1) is 5.82 Å². The van der Waals surface area contributed by atoms with Crippen molar-refractivity contribution in [1.29, 1.82) is 0 Å². The van der Waals surface area contributed by atoms with Crippen LogP contribution in [0.4, 0.5) is 10.1 Å². The first-order chi connectivity index (χ1) is 11.7. The van der Waals surface area contributed by atoms with Crippen LogP contribution in [0.5, 0.6) is 5.75 Å². The highest BCUT2D eigenvalue weighted by Gasteiger charge is 2.21. The maximum atomic E-state index is 13.3. The van der Waals surface area contributed by atoms with Crippen molar-refractivity contribution in [3.05, 3.63) is 60.4 Å². The van der Waals surface area contributed by atoms with Gasteiger partial charge in [-0.15, -0.1) is 0 Å². The molecular weight excluding hydrogens is 307 g/mol. The molecule has 0 aromatic heterocycles. The van der Waals surface area contributed by atoms with Gasteiger partial charge >= 0.3 is 0 Å². The number of rotatable bonds is 5. The van der Waals surface area contributed by atoms with Crippen molar-refractivity contribution in [2.75, 3.05) is 37.7 Å². The molecule has 5 heteroatoms. The van der Waals surface area contributed by atoms with E-state index in [-0.39, 0.29) is 11.7 Å². The summed E-state index contributed by atoms with van der Waals surface area (Å²) in [4.78, 5) is 16.2. The zero-order chi connectivity index (χ0) is 16.8. The third-order valence-electron chi connectivity index (χ3n) is 4.13. The van der Waals surface area contributed by atoms with Gasteiger partial charge < -0.3 is 14.5 Å². The fourth-order valence-electron chi connectivity index (χ4n) is 2.82. The minimum atomic E-state index is -0.232. The average Bonchev–Trinajstić information content (AvgIpc) is 2.63. The van der Waals surface area contributed by atoms with Gasteiger partial charge in [-0.3, -0.25) is 4.79 Å². The van der Waals surface area contributed by atoms with Crippen molar-refractivity contribution >= 4 is 11.6 Å². The molecule has 0 bridgehead atoms. The summed E-state index contributed by atoms with van der Waals surface area (Å²) in [5, 5.41) is 0. The first-order valence-corrected chi connectivity index (χ1v) is 8.18. The number of ether oxygens (including phenoxy) is 1. The van der Waals surface area contributed by atoms with E-state index in [0.29, 0.717) is 39.2 Å². The molecule has 1 fully saturated rings. The van der Waals surface area contributed by atoms with Crippen LogP contribution in [-0.4, -0.2) is 43.6 Å². The van der Waals surface area contributed by atoms with E-state index in [0.717, 1.165) is 11.4 Å². The predicted molar refractivity (Wildman–Crippen MR) is 91.7 cm³/mol. The SMILES string of the molecule is O=C(CCOc1ccccc1)N1CCN(c2cccc(F)c2)CC1. The van der Waals surface area contributed by atoms with Crippen LogP contribution in [0.15, 0.2) is 54.6 Å². The van der Waals surface area contributed by atoms with Gasteiger partial charge in [0, 0.05) is 31.9 Å². The first-order valence-electron chi connectivity index (χ1n) is 8.18. The van der Waals surface area contributed by atoms with Crippen molar-refractivity contribution in [1.82, 2.24) is 4.90 Å². The number of para-hydroxylation sites is 1. The Balaban J connectivity index is 1.43. The van der Waals surface area contributed by atoms with Gasteiger partial charge in [0.2, 0.25) is 5.91 Å². The number of hydrogen-bond donors (Lipinski definition) is 0. The quantitative estimate of drug-likeness (QED) is 0.846. The maximum absolute atomic E-state index is 13.3. The molecule has 1 aliphatic rings. The second-order valence-electron chi connectivity index (χ2n) is 5.76. The van der Waals surface area contributed by atoms with Gasteiger partial charge in [-0.25, -0.2) is 4.39 Å². The predicted octanol–water partition coefficient (Wildman–Crippen LogP) is 2.94. The lowest BCUT2D eigenvalue weighted by molar-refractivity contribution is -0.132. The molecule has 126 valence electrons. The van der Waals surface area contributed by atoms with Gasteiger partial charge in [0.1, 0.15) is 11.6 Å². The fourth-order valence-corrected chi connectivity index (χ4v) is 2.82. The summed E-state index contributed by atoms with van der Waals surface area (Å²) >= 11 is 0. The smallest absolute Gasteiger partial charge is 0.226 e. The largest absolute Gasteiger partial charge is 0.493 e. The Hall–Kier alpha value is -2.56. The second-order valence-corrected chi connectivity index (χ2v) is 5.76. The molecule has 1 heterocycles. The molecule has 2 aromatic rings. The summed E-state index contributed by atoms with van der Waals surface area (Å²) in [7, 11) is 0. The molecule has 1 aliphatic heterocycles. The number of amides is 1. The lowest BCUT2D eigenvalue weighted by Gasteiger charge is -2.36. The van der Waals surface area contributed by atoms with E-state index in [9.17, 15) is 9.18 Å². The Kier molecular flexibility index (Phi) is 5.31. The van der Waals surface area contributed by atoms with Crippen molar-refractivity contribution in [2.24, 2.45) is 0 Å². The highest BCUT2D eigenvalue weighted by molar-refractivity contribution is 5.76. The Morgan fingerprint density at radius 2 is 1.75 bits per heavy atom. The Labute approximate surface area is 141 Å². The minimum Gasteiger partial charge on any atom is -0.493 e. The third-order valence-corrected chi connectivity index (χ3v) is 4.13. The zero-order valence-electron chi connectivity index (χ0n) is 13.5. The molecule has 0 aliphatic carbocycles. The van der Waals surface area contributed by atoms with Gasteiger partial charge in [-0.05, 0) is 30.3 Å². The number of nitrogens with zero attached hydrogens (tertiary/aromatic N) is 2. The molecular formula is C19H21FN2O2. The highest BCUT2D eigenvalue weighted by Crippen LogP contribution is 2.18. The standard InChI is InChI=1S/C19H21FN2O2/c20-16-5-4-6-17(15-16)21-10-12-22(13-11-21)19(23)9-14-24-18-7-2-1-3-8-18/h1-8,15H,9-14H2. The van der Waals surface area contributed by atoms with Crippen LogP contribution in [-0.2, 0) is 4.79 Å². The summed E-state index contributed by atoms with van der Waals surface area (Å²) in [6, 6.07) is 16.1. The van der Waals surface area contributed by atoms with Crippen LogP contribution in [0.3, 0.4) is 0 Å². The van der Waals surface area contributed by atoms with Gasteiger partial charge in [0.15, 0.2) is 0 Å². The lowest BCUT2D eigenvalue weighted by atomic mass is 10.2. The van der Waals surface area contributed by atoms with E-state index in [1.54, 1.807) is 6.07 Å². The van der Waals surface area contributed by atoms with Gasteiger partial charge in [-0.2, -0.15) is 0 Å². The molecule has 24 heavy (non-hydrogen) atoms. The molecule has 0 unspecified atom stereocenters. The second kappa shape index (κ2) is 7.81. The van der Waals surface area contributed by atoms with Crippen molar-refractivity contribution in [2.45, 2.75) is 6.42 Å². The molecule has 0 N–H and O–H groups in total. The molecule has 2 aromatic carbocycles. The molecule has 1 amide bonds. The van der Waals surface area contributed by atoms with Crippen molar-refractivity contribution in [3.8, 4) is 5.75 Å². The Bertz CT molecular complexity index is 670. The number of halogens is 1. The lowest BCUT2D eigenvalue weighted by Crippen LogP contribution is -2.49. The van der Waals surface area contributed by atoms with E-state index in [4.69, 9.17) is 4.74 Å². The summed E-state index contributed by atoms with van der Waals surface area (Å²) < 4.78 is 18.9. The van der Waals surface area contributed by atoms with Crippen LogP contribution < -0.4 is 9.64 Å². The molecule has 1 saturated heterocycles. The number of anilines is 1. The zero-order valence-corrected chi connectivity index (χ0v) is 13.5. The number of hydrogen-bond acceptors (Lipinski definition) is 3. The monoisotopic (exact) mass is 328 g/mol. The van der Waals surface area contributed by atoms with Crippen LogP contribution >= 0.6 is 0 Å². The van der Waals surface area contributed by atoms with Crippen LogP contribution in [0.25, 0.3) is 0 Å². The maximum Gasteiger partial charge on any atom is 0.226 e. The summed E-state index contributed by atoms with van der Waals surface area (Å²) in [6.07, 6.45) is 0.370. The summed E-state index contributed by atoms with van der Waals surface area (Å²) in [5.41, 5.74) is 0.870. The van der Waals surface area contributed by atoms with E-state index in [1.807, 2.05) is 41.3 Å². The van der Waals surface area contributed by atoms with E-state index in [1.165, 1.54) is 12.1 Å². The van der Waals surface area contributed by atoms with Gasteiger partial charge in [0.05, 0.1) is 13.0 Å². The van der Waals surface area contributed by atoms with Gasteiger partial charge in [-0.1, -0.05) is 24.3 Å². The highest BCUT2D eigenvalue weighted by atomic mass is 19.1. The van der Waals surface area contributed by atoms with Gasteiger partial charge in [0.25, 0.3) is 0 Å². The van der Waals surface area contributed by atoms with E-state index >= 15 is 0 Å². The molecule has 0 radical (unpaired) electrons. The number of carbonyl (C=O) groups is 1. The van der Waals surface area contributed by atoms with Crippen molar-refractivity contribution in [3.63, 3.8) is 0 Å². The number of benzene rings is 2. The molecule has 0 spiro atoms. The summed E-state index contributed by atoms with van der Waals surface area (Å²) in [5.74, 6) is 0.648. The number of carbonyl (C=O) groups excluding carboxylic acids is 1. The topological polar surface area (TPSA) is 32.8 Å². The normalized spacial score (nSPS) is 14.5. The molecule has 4 nitrogen and oxygen atoms in total. The molecule has 0 saturated carbocycles. The molecule has 3 rings (SSSR count). The number of piperazine rings is 1. The van der Waals surface area contributed by atoms with Crippen LogP contribution in [0.1, 0.15) is 6.42 Å². The third kappa shape index (κ3) is 4.25. The Morgan fingerprint density at radius 1 is 1.00 bits per heavy atom. The van der Waals surface area contributed by atoms with Crippen molar-refractivity contribution < 1.29 is 13.9 Å². The van der Waals surface area contributed by atoms with E-state index in [2.05, 4.69) is 4.90 Å². The summed E-state index contributed by atoms with van der Waals surface area (Å²) in [6.45, 7) is 3.12. The minimum absolute atomic E-state index is 0.102. The Morgan fingerprint density at radius 3 is 2.46 bits per heavy atom. The average molecular weight is 328 g/mol. The van der Waals surface area contributed by atoms with Crippen LogP contribution in [0.2, 0.25) is 0 Å². The molecule has 0 atom stereocenters.